The van der Waals surface area contributed by atoms with E-state index < -0.39 is 22.0 Å². The average molecular weight is 242 g/mol. The highest BCUT2D eigenvalue weighted by Gasteiger charge is 2.16. The maximum Gasteiger partial charge on any atom is 0.304 e. The molecule has 5 heteroatoms. The fourth-order valence-electron chi connectivity index (χ4n) is 1.28. The third-order valence-electron chi connectivity index (χ3n) is 2.10. The van der Waals surface area contributed by atoms with Crippen molar-refractivity contribution in [3.05, 3.63) is 24.3 Å². The van der Waals surface area contributed by atoms with E-state index in [1.165, 1.54) is 7.11 Å². The van der Waals surface area contributed by atoms with Crippen molar-refractivity contribution >= 4 is 16.8 Å². The predicted molar refractivity (Wildman–Crippen MR) is 61.1 cm³/mol. The van der Waals surface area contributed by atoms with E-state index >= 15 is 0 Å². The molecule has 0 aliphatic heterocycles. The van der Waals surface area contributed by atoms with Crippen LogP contribution in [-0.2, 0) is 15.6 Å². The van der Waals surface area contributed by atoms with Gasteiger partial charge in [0.2, 0.25) is 0 Å². The van der Waals surface area contributed by atoms with E-state index in [0.717, 1.165) is 0 Å². The number of carbonyl (C=O) groups is 1. The third-order valence-corrected chi connectivity index (χ3v) is 3.72. The molecule has 0 radical (unpaired) electrons. The molecule has 16 heavy (non-hydrogen) atoms. The number of hydrogen-bond donors (Lipinski definition) is 1. The van der Waals surface area contributed by atoms with Crippen LogP contribution in [0.2, 0.25) is 0 Å². The maximum absolute atomic E-state index is 11.9. The van der Waals surface area contributed by atoms with Gasteiger partial charge in [-0.1, -0.05) is 6.07 Å². The molecule has 1 aromatic rings. The van der Waals surface area contributed by atoms with Gasteiger partial charge in [-0.2, -0.15) is 0 Å². The molecule has 88 valence electrons. The molecule has 2 unspecified atom stereocenters. The highest BCUT2D eigenvalue weighted by molar-refractivity contribution is 7.85. The van der Waals surface area contributed by atoms with Gasteiger partial charge in [0.05, 0.1) is 24.3 Å². The highest BCUT2D eigenvalue weighted by atomic mass is 32.2. The molecule has 0 saturated heterocycles. The summed E-state index contributed by atoms with van der Waals surface area (Å²) in [7, 11) is 0.209. The Balaban J connectivity index is 2.83. The zero-order valence-corrected chi connectivity index (χ0v) is 9.99. The van der Waals surface area contributed by atoms with Crippen LogP contribution in [0, 0.1) is 0 Å². The normalized spacial score (nSPS) is 14.1. The quantitative estimate of drug-likeness (QED) is 0.853. The second-order valence-electron chi connectivity index (χ2n) is 3.38. The first-order valence-electron chi connectivity index (χ1n) is 4.81. The van der Waals surface area contributed by atoms with E-state index in [2.05, 4.69) is 0 Å². The van der Waals surface area contributed by atoms with Gasteiger partial charge in [0.25, 0.3) is 0 Å². The van der Waals surface area contributed by atoms with Crippen molar-refractivity contribution in [2.75, 3.05) is 7.11 Å². The largest absolute Gasteiger partial charge is 0.497 e. The van der Waals surface area contributed by atoms with Crippen molar-refractivity contribution in [2.45, 2.75) is 23.5 Å². The van der Waals surface area contributed by atoms with Crippen LogP contribution in [-0.4, -0.2) is 27.6 Å². The van der Waals surface area contributed by atoms with Gasteiger partial charge in [-0.25, -0.2) is 0 Å². The van der Waals surface area contributed by atoms with Crippen LogP contribution in [0.5, 0.6) is 5.75 Å². The lowest BCUT2D eigenvalue weighted by Crippen LogP contribution is -2.15. The van der Waals surface area contributed by atoms with Crippen molar-refractivity contribution in [1.29, 1.82) is 0 Å². The molecule has 0 aromatic heterocycles. The summed E-state index contributed by atoms with van der Waals surface area (Å²) in [6, 6.07) is 6.85. The van der Waals surface area contributed by atoms with Crippen molar-refractivity contribution in [3.63, 3.8) is 0 Å². The van der Waals surface area contributed by atoms with E-state index in [9.17, 15) is 9.00 Å². The van der Waals surface area contributed by atoms with Gasteiger partial charge in [-0.15, -0.1) is 0 Å². The Hall–Kier alpha value is -1.36. The second-order valence-corrected chi connectivity index (χ2v) is 5.26. The van der Waals surface area contributed by atoms with Gasteiger partial charge in [0.1, 0.15) is 5.75 Å². The van der Waals surface area contributed by atoms with E-state index in [-0.39, 0.29) is 6.42 Å². The van der Waals surface area contributed by atoms with Crippen LogP contribution in [0.25, 0.3) is 0 Å². The van der Waals surface area contributed by atoms with Crippen molar-refractivity contribution < 1.29 is 18.8 Å². The number of carboxylic acid groups (broad SMARTS) is 1. The molecule has 0 amide bonds. The Morgan fingerprint density at radius 1 is 1.56 bits per heavy atom. The molecule has 0 spiro atoms. The Morgan fingerprint density at radius 2 is 2.25 bits per heavy atom. The predicted octanol–water partition coefficient (Wildman–Crippen LogP) is 1.67. The van der Waals surface area contributed by atoms with Crippen LogP contribution in [0.3, 0.4) is 0 Å². The summed E-state index contributed by atoms with van der Waals surface area (Å²) in [6.07, 6.45) is -0.107. The molecular weight excluding hydrogens is 228 g/mol. The van der Waals surface area contributed by atoms with E-state index in [0.29, 0.717) is 10.6 Å². The third kappa shape index (κ3) is 3.34. The van der Waals surface area contributed by atoms with E-state index in [1.807, 2.05) is 0 Å². The van der Waals surface area contributed by atoms with Crippen molar-refractivity contribution in [1.82, 2.24) is 0 Å². The summed E-state index contributed by atoms with van der Waals surface area (Å²) in [6.45, 7) is 1.66. The molecule has 0 heterocycles. The first-order valence-corrected chi connectivity index (χ1v) is 6.02. The summed E-state index contributed by atoms with van der Waals surface area (Å²) < 4.78 is 17.0. The summed E-state index contributed by atoms with van der Waals surface area (Å²) in [5, 5.41) is 8.21. The number of methoxy groups -OCH3 is 1. The summed E-state index contributed by atoms with van der Waals surface area (Å²) in [5.74, 6) is -0.322. The number of ether oxygens (including phenoxy) is 1. The lowest BCUT2D eigenvalue weighted by molar-refractivity contribution is -0.136. The Morgan fingerprint density at radius 3 is 2.81 bits per heavy atom. The van der Waals surface area contributed by atoms with Crippen molar-refractivity contribution in [2.24, 2.45) is 0 Å². The SMILES string of the molecule is COc1cccc(S(=O)C(C)CC(=O)O)c1. The fourth-order valence-corrected chi connectivity index (χ4v) is 2.48. The lowest BCUT2D eigenvalue weighted by atomic mass is 10.3. The smallest absolute Gasteiger partial charge is 0.304 e. The highest BCUT2D eigenvalue weighted by Crippen LogP contribution is 2.19. The Labute approximate surface area is 96.7 Å². The van der Waals surface area contributed by atoms with Crippen LogP contribution >= 0.6 is 0 Å². The van der Waals surface area contributed by atoms with Gasteiger partial charge >= 0.3 is 5.97 Å². The molecule has 0 saturated carbocycles. The minimum absolute atomic E-state index is 0.107. The molecule has 0 aliphatic rings. The molecule has 2 atom stereocenters. The van der Waals surface area contributed by atoms with E-state index in [4.69, 9.17) is 9.84 Å². The monoisotopic (exact) mass is 242 g/mol. The molecular formula is C11H14O4S. The zero-order valence-electron chi connectivity index (χ0n) is 9.17. The first-order chi connectivity index (χ1) is 7.54. The van der Waals surface area contributed by atoms with Gasteiger partial charge < -0.3 is 9.84 Å². The molecule has 0 bridgehead atoms. The van der Waals surface area contributed by atoms with Gasteiger partial charge in [0.15, 0.2) is 0 Å². The standard InChI is InChI=1S/C11H14O4S/c1-8(6-11(12)13)16(14)10-5-3-4-9(7-10)15-2/h3-5,7-8H,6H2,1-2H3,(H,12,13). The summed E-state index contributed by atoms with van der Waals surface area (Å²) in [5.41, 5.74) is 0. The number of carboxylic acids is 1. The number of rotatable bonds is 5. The molecule has 0 fully saturated rings. The number of hydrogen-bond acceptors (Lipinski definition) is 3. The Bertz CT molecular complexity index is 403. The Kier molecular flexibility index (Phi) is 4.49. The van der Waals surface area contributed by atoms with Gasteiger partial charge in [-0.05, 0) is 25.1 Å². The minimum Gasteiger partial charge on any atom is -0.497 e. The van der Waals surface area contributed by atoms with E-state index in [1.54, 1.807) is 31.2 Å². The summed E-state index contributed by atoms with van der Waals surface area (Å²) in [4.78, 5) is 11.1. The van der Waals surface area contributed by atoms with Crippen LogP contribution in [0.1, 0.15) is 13.3 Å². The average Bonchev–Trinajstić information content (AvgIpc) is 2.27. The summed E-state index contributed by atoms with van der Waals surface area (Å²) >= 11 is 0. The van der Waals surface area contributed by atoms with Gasteiger partial charge in [-0.3, -0.25) is 9.00 Å². The fraction of sp³-hybridized carbons (Fsp3) is 0.364. The number of aliphatic carboxylic acids is 1. The number of benzene rings is 1. The second kappa shape index (κ2) is 5.65. The molecule has 0 aliphatic carbocycles. The van der Waals surface area contributed by atoms with Crippen LogP contribution < -0.4 is 4.74 Å². The molecule has 1 aromatic carbocycles. The minimum atomic E-state index is -1.32. The molecule has 1 rings (SSSR count). The topological polar surface area (TPSA) is 63.6 Å². The zero-order chi connectivity index (χ0) is 12.1. The van der Waals surface area contributed by atoms with Crippen LogP contribution in [0.15, 0.2) is 29.2 Å². The first kappa shape index (κ1) is 12.7. The molecule has 4 nitrogen and oxygen atoms in total. The lowest BCUT2D eigenvalue weighted by Gasteiger charge is -2.09. The maximum atomic E-state index is 11.9. The van der Waals surface area contributed by atoms with Crippen molar-refractivity contribution in [3.8, 4) is 5.75 Å². The van der Waals surface area contributed by atoms with Crippen LogP contribution in [0.4, 0.5) is 0 Å². The molecule has 1 N–H and O–H groups in total. The van der Waals surface area contributed by atoms with Gasteiger partial charge in [0, 0.05) is 10.1 Å².